The molecule has 0 aliphatic carbocycles. The zero-order valence-electron chi connectivity index (χ0n) is 11.3. The van der Waals surface area contributed by atoms with E-state index in [1.54, 1.807) is 11.8 Å². The summed E-state index contributed by atoms with van der Waals surface area (Å²) >= 11 is 1.79. The highest BCUT2D eigenvalue weighted by Gasteiger charge is 2.05. The summed E-state index contributed by atoms with van der Waals surface area (Å²) in [7, 11) is 0. The fourth-order valence-corrected chi connectivity index (χ4v) is 1.93. The Labute approximate surface area is 121 Å². The number of unbranched alkanes of at least 4 members (excludes halogenated alkanes) is 1. The SMILES string of the molecule is CSCCCCNC(=O)NCc1cn(CC(=O)O)nn1. The number of carboxylic acids is 1. The Morgan fingerprint density at radius 1 is 1.40 bits per heavy atom. The van der Waals surface area contributed by atoms with E-state index in [0.717, 1.165) is 18.6 Å². The normalized spacial score (nSPS) is 10.2. The lowest BCUT2D eigenvalue weighted by atomic mass is 10.3. The Bertz CT molecular complexity index is 437. The van der Waals surface area contributed by atoms with Gasteiger partial charge in [-0.25, -0.2) is 9.48 Å². The first-order valence-corrected chi connectivity index (χ1v) is 7.62. The Hall–Kier alpha value is -1.77. The number of hydrogen-bond acceptors (Lipinski definition) is 5. The molecule has 0 bridgehead atoms. The summed E-state index contributed by atoms with van der Waals surface area (Å²) in [6, 6.07) is -0.262. The van der Waals surface area contributed by atoms with Gasteiger partial charge in [0.2, 0.25) is 0 Å². The van der Waals surface area contributed by atoms with E-state index in [-0.39, 0.29) is 19.1 Å². The summed E-state index contributed by atoms with van der Waals surface area (Å²) in [5, 5.41) is 21.4. The second kappa shape index (κ2) is 9.18. The van der Waals surface area contributed by atoms with Crippen molar-refractivity contribution in [3.63, 3.8) is 0 Å². The molecular formula is C11H19N5O3S. The number of rotatable bonds is 9. The fourth-order valence-electron chi connectivity index (χ4n) is 1.44. The monoisotopic (exact) mass is 301 g/mol. The van der Waals surface area contributed by atoms with Crippen molar-refractivity contribution < 1.29 is 14.7 Å². The number of aromatic nitrogens is 3. The summed E-state index contributed by atoms with van der Waals surface area (Å²) < 4.78 is 1.21. The summed E-state index contributed by atoms with van der Waals surface area (Å²) in [6.07, 6.45) is 5.57. The number of carboxylic acid groups (broad SMARTS) is 1. The molecule has 3 N–H and O–H groups in total. The second-order valence-electron chi connectivity index (χ2n) is 4.11. The quantitative estimate of drug-likeness (QED) is 0.566. The van der Waals surface area contributed by atoms with Crippen LogP contribution in [0.2, 0.25) is 0 Å². The average molecular weight is 301 g/mol. The number of thioether (sulfide) groups is 1. The van der Waals surface area contributed by atoms with Gasteiger partial charge in [-0.15, -0.1) is 5.10 Å². The van der Waals surface area contributed by atoms with Gasteiger partial charge in [-0.2, -0.15) is 11.8 Å². The van der Waals surface area contributed by atoms with Gasteiger partial charge in [-0.1, -0.05) is 5.21 Å². The molecule has 1 heterocycles. The minimum Gasteiger partial charge on any atom is -0.480 e. The maximum absolute atomic E-state index is 11.5. The van der Waals surface area contributed by atoms with Gasteiger partial charge in [0.15, 0.2) is 0 Å². The van der Waals surface area contributed by atoms with Crippen LogP contribution >= 0.6 is 11.8 Å². The minimum atomic E-state index is -0.989. The second-order valence-corrected chi connectivity index (χ2v) is 5.10. The minimum absolute atomic E-state index is 0.219. The van der Waals surface area contributed by atoms with Crippen molar-refractivity contribution in [2.24, 2.45) is 0 Å². The number of hydrogen-bond donors (Lipinski definition) is 3. The van der Waals surface area contributed by atoms with Crippen LogP contribution in [0.4, 0.5) is 4.79 Å². The number of urea groups is 1. The molecule has 20 heavy (non-hydrogen) atoms. The van der Waals surface area contributed by atoms with Crippen molar-refractivity contribution in [1.82, 2.24) is 25.6 Å². The molecule has 1 aromatic rings. The lowest BCUT2D eigenvalue weighted by Crippen LogP contribution is -2.35. The van der Waals surface area contributed by atoms with Crippen LogP contribution in [-0.2, 0) is 17.9 Å². The largest absolute Gasteiger partial charge is 0.480 e. The van der Waals surface area contributed by atoms with Crippen molar-refractivity contribution in [2.45, 2.75) is 25.9 Å². The smallest absolute Gasteiger partial charge is 0.325 e. The molecule has 2 amide bonds. The van der Waals surface area contributed by atoms with Gasteiger partial charge in [-0.3, -0.25) is 4.79 Å². The zero-order valence-corrected chi connectivity index (χ0v) is 12.2. The lowest BCUT2D eigenvalue weighted by molar-refractivity contribution is -0.137. The maximum Gasteiger partial charge on any atom is 0.325 e. The van der Waals surface area contributed by atoms with Gasteiger partial charge in [0, 0.05) is 6.54 Å². The van der Waals surface area contributed by atoms with E-state index in [1.807, 2.05) is 0 Å². The highest BCUT2D eigenvalue weighted by atomic mass is 32.2. The number of nitrogens with zero attached hydrogens (tertiary/aromatic N) is 3. The summed E-state index contributed by atoms with van der Waals surface area (Å²) in [5.74, 6) is 0.105. The standard InChI is InChI=1S/C11H19N5O3S/c1-20-5-3-2-4-12-11(19)13-6-9-7-16(15-14-9)8-10(17)18/h7H,2-6,8H2,1H3,(H,17,18)(H2,12,13,19). The summed E-state index contributed by atoms with van der Waals surface area (Å²) in [6.45, 7) is 0.614. The van der Waals surface area contributed by atoms with E-state index in [9.17, 15) is 9.59 Å². The van der Waals surface area contributed by atoms with Gasteiger partial charge in [0.25, 0.3) is 0 Å². The van der Waals surface area contributed by atoms with Crippen molar-refractivity contribution in [2.75, 3.05) is 18.6 Å². The number of aliphatic carboxylic acids is 1. The molecule has 0 unspecified atom stereocenters. The third-order valence-corrected chi connectivity index (χ3v) is 3.07. The van der Waals surface area contributed by atoms with Crippen LogP contribution in [0, 0.1) is 0 Å². The van der Waals surface area contributed by atoms with E-state index in [4.69, 9.17) is 5.11 Å². The number of amides is 2. The molecule has 0 fully saturated rings. The van der Waals surface area contributed by atoms with Gasteiger partial charge in [-0.05, 0) is 24.9 Å². The third kappa shape index (κ3) is 6.98. The first kappa shape index (κ1) is 16.3. The predicted molar refractivity (Wildman–Crippen MR) is 75.5 cm³/mol. The highest BCUT2D eigenvalue weighted by molar-refractivity contribution is 7.98. The van der Waals surface area contributed by atoms with Crippen LogP contribution in [0.5, 0.6) is 0 Å². The highest BCUT2D eigenvalue weighted by Crippen LogP contribution is 1.97. The van der Waals surface area contributed by atoms with E-state index in [0.29, 0.717) is 12.2 Å². The van der Waals surface area contributed by atoms with Crippen LogP contribution in [0.25, 0.3) is 0 Å². The molecule has 0 saturated heterocycles. The zero-order chi connectivity index (χ0) is 14.8. The third-order valence-electron chi connectivity index (χ3n) is 2.37. The molecule has 0 spiro atoms. The molecule has 8 nitrogen and oxygen atoms in total. The summed E-state index contributed by atoms with van der Waals surface area (Å²) in [4.78, 5) is 21.9. The average Bonchev–Trinajstić information content (AvgIpc) is 2.83. The molecule has 1 aromatic heterocycles. The first-order chi connectivity index (χ1) is 9.61. The van der Waals surface area contributed by atoms with E-state index < -0.39 is 5.97 Å². The maximum atomic E-state index is 11.5. The van der Waals surface area contributed by atoms with Crippen molar-refractivity contribution in [1.29, 1.82) is 0 Å². The molecule has 9 heteroatoms. The topological polar surface area (TPSA) is 109 Å². The molecule has 0 atom stereocenters. The van der Waals surface area contributed by atoms with Crippen molar-refractivity contribution >= 4 is 23.8 Å². The number of nitrogens with one attached hydrogen (secondary N) is 2. The van der Waals surface area contributed by atoms with E-state index in [1.165, 1.54) is 10.9 Å². The van der Waals surface area contributed by atoms with Gasteiger partial charge >= 0.3 is 12.0 Å². The Balaban J connectivity index is 2.17. The van der Waals surface area contributed by atoms with Gasteiger partial charge < -0.3 is 15.7 Å². The Morgan fingerprint density at radius 2 is 2.20 bits per heavy atom. The summed E-state index contributed by atoms with van der Waals surface area (Å²) in [5.41, 5.74) is 0.517. The fraction of sp³-hybridized carbons (Fsp3) is 0.636. The molecule has 112 valence electrons. The van der Waals surface area contributed by atoms with Crippen LogP contribution in [0.15, 0.2) is 6.20 Å². The van der Waals surface area contributed by atoms with Crippen LogP contribution in [-0.4, -0.2) is 50.7 Å². The van der Waals surface area contributed by atoms with E-state index in [2.05, 4.69) is 27.2 Å². The van der Waals surface area contributed by atoms with Crippen LogP contribution in [0.3, 0.4) is 0 Å². The van der Waals surface area contributed by atoms with Crippen LogP contribution < -0.4 is 10.6 Å². The van der Waals surface area contributed by atoms with Gasteiger partial charge in [0.1, 0.15) is 12.2 Å². The molecule has 0 radical (unpaired) electrons. The Morgan fingerprint density at radius 3 is 2.90 bits per heavy atom. The van der Waals surface area contributed by atoms with Gasteiger partial charge in [0.05, 0.1) is 12.7 Å². The molecule has 0 saturated carbocycles. The molecular weight excluding hydrogens is 282 g/mol. The Kier molecular flexibility index (Phi) is 7.48. The van der Waals surface area contributed by atoms with Crippen LogP contribution in [0.1, 0.15) is 18.5 Å². The van der Waals surface area contributed by atoms with E-state index >= 15 is 0 Å². The molecule has 0 aromatic carbocycles. The number of carbonyl (C=O) groups excluding carboxylic acids is 1. The predicted octanol–water partition coefficient (Wildman–Crippen LogP) is 0.305. The number of carbonyl (C=O) groups is 2. The lowest BCUT2D eigenvalue weighted by Gasteiger charge is -2.05. The molecule has 0 aliphatic rings. The molecule has 1 rings (SSSR count). The van der Waals surface area contributed by atoms with Crippen molar-refractivity contribution in [3.8, 4) is 0 Å². The molecule has 0 aliphatic heterocycles. The van der Waals surface area contributed by atoms with Crippen molar-refractivity contribution in [3.05, 3.63) is 11.9 Å². The first-order valence-electron chi connectivity index (χ1n) is 6.23.